The molecule has 0 aliphatic carbocycles. The fourth-order valence-corrected chi connectivity index (χ4v) is 3.81. The van der Waals surface area contributed by atoms with Gasteiger partial charge in [0.1, 0.15) is 0 Å². The summed E-state index contributed by atoms with van der Waals surface area (Å²) in [6, 6.07) is 0. The highest BCUT2D eigenvalue weighted by molar-refractivity contribution is 4.59. The molecule has 1 N–H and O–H groups in total. The largest absolute Gasteiger partial charge is 0.396 e. The smallest absolute Gasteiger partial charge is 0.0459 e. The molecule has 0 radical (unpaired) electrons. The molecule has 0 bridgehead atoms. The van der Waals surface area contributed by atoms with E-state index in [0.717, 1.165) is 0 Å². The Kier molecular flexibility index (Phi) is 22.0. The number of hydrogen-bond donors (Lipinski definition) is 1. The zero-order chi connectivity index (χ0) is 18.4. The van der Waals surface area contributed by atoms with Crippen LogP contribution in [0.5, 0.6) is 0 Å². The average molecular weight is 355 g/mol. The van der Waals surface area contributed by atoms with Gasteiger partial charge in [-0.05, 0) is 18.8 Å². The van der Waals surface area contributed by atoms with Crippen molar-refractivity contribution in [3.63, 3.8) is 0 Å². The molecule has 0 aliphatic rings. The van der Waals surface area contributed by atoms with Crippen LogP contribution in [0.25, 0.3) is 0 Å². The second-order valence-electron chi connectivity index (χ2n) is 8.28. The fraction of sp³-hybridized carbons (Fsp3) is 1.00. The molecule has 0 spiro atoms. The summed E-state index contributed by atoms with van der Waals surface area (Å²) in [4.78, 5) is 0. The van der Waals surface area contributed by atoms with E-state index in [1.807, 2.05) is 0 Å². The van der Waals surface area contributed by atoms with Crippen LogP contribution in [0, 0.1) is 5.92 Å². The Labute approximate surface area is 160 Å². The summed E-state index contributed by atoms with van der Waals surface area (Å²) in [6.07, 6.45) is 27.8. The molecule has 0 heterocycles. The quantitative estimate of drug-likeness (QED) is 0.205. The normalized spacial score (nSPS) is 12.6. The monoisotopic (exact) mass is 354 g/mol. The third-order valence-electron chi connectivity index (χ3n) is 5.69. The van der Waals surface area contributed by atoms with E-state index < -0.39 is 0 Å². The van der Waals surface area contributed by atoms with E-state index in [2.05, 4.69) is 13.8 Å². The molecule has 0 aliphatic heterocycles. The summed E-state index contributed by atoms with van der Waals surface area (Å²) >= 11 is 0. The van der Waals surface area contributed by atoms with Crippen molar-refractivity contribution in [1.82, 2.24) is 0 Å². The molecule has 1 nitrogen and oxygen atoms in total. The summed E-state index contributed by atoms with van der Waals surface area (Å²) in [7, 11) is 0. The number of aliphatic hydroxyl groups excluding tert-OH is 1. The first-order valence-corrected chi connectivity index (χ1v) is 12.0. The van der Waals surface area contributed by atoms with E-state index in [9.17, 15) is 5.11 Å². The summed E-state index contributed by atoms with van der Waals surface area (Å²) in [6.45, 7) is 4.97. The second-order valence-corrected chi connectivity index (χ2v) is 8.28. The van der Waals surface area contributed by atoms with Crippen molar-refractivity contribution in [2.45, 2.75) is 142 Å². The van der Waals surface area contributed by atoms with E-state index in [0.29, 0.717) is 12.5 Å². The van der Waals surface area contributed by atoms with Gasteiger partial charge < -0.3 is 5.11 Å². The summed E-state index contributed by atoms with van der Waals surface area (Å²) in [5.74, 6) is 0.578. The standard InChI is InChI=1S/C24H50O/c1-3-5-7-9-10-11-12-13-14-15-16-18-20-22-24(23-25)21-19-17-8-6-4-2/h24-25H,3-23H2,1-2H3. The predicted molar refractivity (Wildman–Crippen MR) is 114 cm³/mol. The maximum atomic E-state index is 9.52. The number of unbranched alkanes of at least 4 members (excludes halogenated alkanes) is 16. The molecule has 1 unspecified atom stereocenters. The van der Waals surface area contributed by atoms with Gasteiger partial charge in [-0.15, -0.1) is 0 Å². The number of rotatable bonds is 21. The topological polar surface area (TPSA) is 20.2 Å². The predicted octanol–water partition coefficient (Wildman–Crippen LogP) is 8.44. The molecule has 0 aromatic carbocycles. The molecule has 0 aromatic heterocycles. The van der Waals surface area contributed by atoms with Crippen LogP contribution >= 0.6 is 0 Å². The highest BCUT2D eigenvalue weighted by Gasteiger charge is 2.06. The molecule has 0 amide bonds. The minimum Gasteiger partial charge on any atom is -0.396 e. The zero-order valence-corrected chi connectivity index (χ0v) is 17.9. The highest BCUT2D eigenvalue weighted by atomic mass is 16.3. The molecule has 25 heavy (non-hydrogen) atoms. The maximum absolute atomic E-state index is 9.52. The van der Waals surface area contributed by atoms with Crippen LogP contribution in [0.2, 0.25) is 0 Å². The van der Waals surface area contributed by atoms with Gasteiger partial charge in [-0.2, -0.15) is 0 Å². The van der Waals surface area contributed by atoms with Gasteiger partial charge >= 0.3 is 0 Å². The molecule has 0 aromatic rings. The van der Waals surface area contributed by atoms with Crippen molar-refractivity contribution in [3.8, 4) is 0 Å². The van der Waals surface area contributed by atoms with Crippen molar-refractivity contribution >= 4 is 0 Å². The van der Waals surface area contributed by atoms with Gasteiger partial charge in [-0.3, -0.25) is 0 Å². The van der Waals surface area contributed by atoms with Gasteiger partial charge in [0, 0.05) is 6.61 Å². The van der Waals surface area contributed by atoms with Gasteiger partial charge in [0.05, 0.1) is 0 Å². The first-order valence-electron chi connectivity index (χ1n) is 12.0. The Balaban J connectivity index is 3.22. The maximum Gasteiger partial charge on any atom is 0.0459 e. The van der Waals surface area contributed by atoms with Crippen LogP contribution in [0.15, 0.2) is 0 Å². The van der Waals surface area contributed by atoms with E-state index in [4.69, 9.17) is 0 Å². The molecule has 0 fully saturated rings. The Bertz CT molecular complexity index is 226. The van der Waals surface area contributed by atoms with E-state index in [1.165, 1.54) is 128 Å². The van der Waals surface area contributed by atoms with Crippen molar-refractivity contribution in [2.75, 3.05) is 6.61 Å². The Morgan fingerprint density at radius 2 is 0.720 bits per heavy atom. The van der Waals surface area contributed by atoms with Gasteiger partial charge in [-0.1, -0.05) is 129 Å². The molecule has 0 saturated heterocycles. The minimum absolute atomic E-state index is 0.409. The van der Waals surface area contributed by atoms with Crippen LogP contribution < -0.4 is 0 Å². The molecule has 1 heteroatoms. The van der Waals surface area contributed by atoms with Gasteiger partial charge in [0.25, 0.3) is 0 Å². The van der Waals surface area contributed by atoms with Crippen LogP contribution in [-0.2, 0) is 0 Å². The lowest BCUT2D eigenvalue weighted by molar-refractivity contribution is 0.204. The summed E-state index contributed by atoms with van der Waals surface area (Å²) in [5, 5.41) is 9.52. The van der Waals surface area contributed by atoms with Crippen molar-refractivity contribution in [2.24, 2.45) is 5.92 Å². The molecule has 152 valence electrons. The lowest BCUT2D eigenvalue weighted by atomic mass is 9.95. The third kappa shape index (κ3) is 20.1. The van der Waals surface area contributed by atoms with Crippen LogP contribution in [0.3, 0.4) is 0 Å². The molecular weight excluding hydrogens is 304 g/mol. The lowest BCUT2D eigenvalue weighted by Crippen LogP contribution is -2.06. The average Bonchev–Trinajstić information content (AvgIpc) is 2.63. The van der Waals surface area contributed by atoms with E-state index in [1.54, 1.807) is 0 Å². The van der Waals surface area contributed by atoms with Crippen LogP contribution in [-0.4, -0.2) is 11.7 Å². The summed E-state index contributed by atoms with van der Waals surface area (Å²) in [5.41, 5.74) is 0. The molecule has 0 saturated carbocycles. The first-order chi connectivity index (χ1) is 12.3. The summed E-state index contributed by atoms with van der Waals surface area (Å²) < 4.78 is 0. The molecule has 1 atom stereocenters. The highest BCUT2D eigenvalue weighted by Crippen LogP contribution is 2.19. The Morgan fingerprint density at radius 3 is 1.00 bits per heavy atom. The molecule has 0 rings (SSSR count). The third-order valence-corrected chi connectivity index (χ3v) is 5.69. The van der Waals surface area contributed by atoms with Gasteiger partial charge in [0.2, 0.25) is 0 Å². The van der Waals surface area contributed by atoms with Gasteiger partial charge in [0.15, 0.2) is 0 Å². The first kappa shape index (κ1) is 25.0. The number of aliphatic hydroxyl groups is 1. The van der Waals surface area contributed by atoms with E-state index in [-0.39, 0.29) is 0 Å². The van der Waals surface area contributed by atoms with Crippen molar-refractivity contribution < 1.29 is 5.11 Å². The SMILES string of the molecule is CCCCCCCCCCCCCCCC(CO)CCCCCCC. The molecular formula is C24H50O. The number of hydrogen-bond acceptors (Lipinski definition) is 1. The van der Waals surface area contributed by atoms with Crippen LogP contribution in [0.4, 0.5) is 0 Å². The fourth-order valence-electron chi connectivity index (χ4n) is 3.81. The van der Waals surface area contributed by atoms with E-state index >= 15 is 0 Å². The zero-order valence-electron chi connectivity index (χ0n) is 17.9. The van der Waals surface area contributed by atoms with Gasteiger partial charge in [-0.25, -0.2) is 0 Å². The van der Waals surface area contributed by atoms with Crippen LogP contribution in [0.1, 0.15) is 142 Å². The Hall–Kier alpha value is -0.0400. The second kappa shape index (κ2) is 22.0. The lowest BCUT2D eigenvalue weighted by Gasteiger charge is -2.13. The van der Waals surface area contributed by atoms with Crippen molar-refractivity contribution in [3.05, 3.63) is 0 Å². The minimum atomic E-state index is 0.409. The van der Waals surface area contributed by atoms with Crippen molar-refractivity contribution in [1.29, 1.82) is 0 Å². The Morgan fingerprint density at radius 1 is 0.440 bits per heavy atom.